The number of nitrogens with two attached hydrogens (primary N) is 1. The van der Waals surface area contributed by atoms with Crippen molar-refractivity contribution >= 4 is 0 Å². The molecule has 0 radical (unpaired) electrons. The van der Waals surface area contributed by atoms with Gasteiger partial charge >= 0.3 is 0 Å². The highest BCUT2D eigenvalue weighted by Crippen LogP contribution is 2.38. The number of aromatic nitrogens is 2. The van der Waals surface area contributed by atoms with Crippen molar-refractivity contribution in [1.82, 2.24) is 15.0 Å². The predicted octanol–water partition coefficient (Wildman–Crippen LogP) is 3.16. The lowest BCUT2D eigenvalue weighted by atomic mass is 9.91. The second kappa shape index (κ2) is 9.30. The van der Waals surface area contributed by atoms with Gasteiger partial charge in [-0.05, 0) is 69.0 Å². The minimum Gasteiger partial charge on any atom is -0.490 e. The number of rotatable bonds is 7. The van der Waals surface area contributed by atoms with Gasteiger partial charge in [0.25, 0.3) is 5.89 Å². The molecule has 3 unspecified atom stereocenters. The van der Waals surface area contributed by atoms with Gasteiger partial charge in [0, 0.05) is 24.2 Å². The molecule has 9 nitrogen and oxygen atoms in total. The van der Waals surface area contributed by atoms with E-state index >= 15 is 0 Å². The van der Waals surface area contributed by atoms with E-state index in [0.717, 1.165) is 30.6 Å². The second-order valence-corrected chi connectivity index (χ2v) is 10.1. The van der Waals surface area contributed by atoms with E-state index in [-0.39, 0.29) is 25.0 Å². The first-order valence-corrected chi connectivity index (χ1v) is 12.2. The molecule has 3 atom stereocenters. The van der Waals surface area contributed by atoms with E-state index < -0.39 is 5.54 Å². The highest BCUT2D eigenvalue weighted by molar-refractivity contribution is 5.67. The van der Waals surface area contributed by atoms with Crippen LogP contribution in [0.2, 0.25) is 0 Å². The van der Waals surface area contributed by atoms with Crippen LogP contribution < -0.4 is 10.5 Å². The van der Waals surface area contributed by atoms with E-state index in [4.69, 9.17) is 19.7 Å². The number of benzene rings is 2. The van der Waals surface area contributed by atoms with Crippen molar-refractivity contribution in [3.05, 3.63) is 52.6 Å². The molecule has 3 aromatic rings. The van der Waals surface area contributed by atoms with E-state index in [0.29, 0.717) is 28.6 Å². The quantitative estimate of drug-likeness (QED) is 0.480. The first-order valence-electron chi connectivity index (χ1n) is 12.2. The summed E-state index contributed by atoms with van der Waals surface area (Å²) in [5.74, 6) is 1.40. The fraction of sp³-hybridized carbons (Fsp3) is 0.444. The fourth-order valence-electron chi connectivity index (χ4n) is 4.83. The number of aliphatic hydroxyl groups is 1. The van der Waals surface area contributed by atoms with Gasteiger partial charge in [0.15, 0.2) is 0 Å². The van der Waals surface area contributed by atoms with E-state index in [1.807, 2.05) is 32.9 Å². The van der Waals surface area contributed by atoms with Gasteiger partial charge in [0.05, 0.1) is 23.8 Å². The molecular weight excluding hydrogens is 458 g/mol. The van der Waals surface area contributed by atoms with Gasteiger partial charge in [0.1, 0.15) is 24.2 Å². The van der Waals surface area contributed by atoms with Gasteiger partial charge in [-0.1, -0.05) is 17.3 Å². The second-order valence-electron chi connectivity index (χ2n) is 10.1. The maximum absolute atomic E-state index is 9.53. The van der Waals surface area contributed by atoms with Gasteiger partial charge in [0.2, 0.25) is 5.82 Å². The molecule has 188 valence electrons. The number of nitrogens with zero attached hydrogens (tertiary/aromatic N) is 4. The summed E-state index contributed by atoms with van der Waals surface area (Å²) in [6, 6.07) is 11.6. The summed E-state index contributed by atoms with van der Waals surface area (Å²) >= 11 is 0. The van der Waals surface area contributed by atoms with Crippen LogP contribution in [-0.4, -0.2) is 57.3 Å². The Kier molecular flexibility index (Phi) is 6.30. The molecule has 0 spiro atoms. The summed E-state index contributed by atoms with van der Waals surface area (Å²) in [5, 5.41) is 23.3. The van der Waals surface area contributed by atoms with E-state index in [9.17, 15) is 10.4 Å². The van der Waals surface area contributed by atoms with Gasteiger partial charge in [-0.3, -0.25) is 4.90 Å². The number of hydrogen-bond acceptors (Lipinski definition) is 9. The van der Waals surface area contributed by atoms with Crippen LogP contribution in [0.5, 0.6) is 5.75 Å². The Bertz CT molecular complexity index is 1330. The minimum atomic E-state index is -0.739. The van der Waals surface area contributed by atoms with E-state index in [2.05, 4.69) is 34.1 Å². The maximum Gasteiger partial charge on any atom is 0.258 e. The van der Waals surface area contributed by atoms with Crippen molar-refractivity contribution in [1.29, 1.82) is 5.26 Å². The van der Waals surface area contributed by atoms with Gasteiger partial charge in [-0.2, -0.15) is 10.2 Å². The molecule has 3 N–H and O–H groups in total. The van der Waals surface area contributed by atoms with E-state index in [1.54, 1.807) is 12.1 Å². The molecule has 3 heterocycles. The molecule has 0 aliphatic carbocycles. The number of fused-ring (bicyclic) bond motifs is 1. The number of ether oxygens (including phenoxy) is 2. The van der Waals surface area contributed by atoms with Gasteiger partial charge < -0.3 is 24.8 Å². The minimum absolute atomic E-state index is 0.0309. The zero-order valence-corrected chi connectivity index (χ0v) is 21.0. The molecule has 2 aromatic carbocycles. The van der Waals surface area contributed by atoms with Gasteiger partial charge in [-0.15, -0.1) is 0 Å². The number of nitriles is 1. The van der Waals surface area contributed by atoms with Crippen LogP contribution in [0.15, 0.2) is 34.9 Å². The molecule has 1 aromatic heterocycles. The predicted molar refractivity (Wildman–Crippen MR) is 133 cm³/mol. The maximum atomic E-state index is 9.53. The zero-order chi connectivity index (χ0) is 25.6. The highest BCUT2D eigenvalue weighted by Gasteiger charge is 2.53. The molecule has 5 rings (SSSR count). The molecule has 36 heavy (non-hydrogen) atoms. The van der Waals surface area contributed by atoms with Crippen LogP contribution in [0.25, 0.3) is 22.8 Å². The van der Waals surface area contributed by atoms with Crippen LogP contribution >= 0.6 is 0 Å². The number of hydrogen-bond donors (Lipinski definition) is 2. The van der Waals surface area contributed by atoms with Crippen LogP contribution in [0.3, 0.4) is 0 Å². The first-order chi connectivity index (χ1) is 17.2. The summed E-state index contributed by atoms with van der Waals surface area (Å²) in [5.41, 5.74) is 11.1. The Morgan fingerprint density at radius 3 is 2.86 bits per heavy atom. The molecule has 0 amide bonds. The molecule has 1 fully saturated rings. The normalized spacial score (nSPS) is 21.1. The summed E-state index contributed by atoms with van der Waals surface area (Å²) in [6.45, 7) is 9.24. The van der Waals surface area contributed by atoms with Crippen molar-refractivity contribution in [3.63, 3.8) is 0 Å². The smallest absolute Gasteiger partial charge is 0.258 e. The molecule has 2 aliphatic rings. The standard InChI is InChI=1S/C27H31N5O4/c1-15(2)34-22-8-6-17(11-19(22)12-28)25-30-24(31-36-25)21-7-5-18-13-32(10-9-20(18)16(21)3)26-23(35-26)27(4,29)14-33/h5-8,11,15,23,26,33H,9-10,13-14,29H2,1-4H3. The fourth-order valence-corrected chi connectivity index (χ4v) is 4.83. The Labute approximate surface area is 210 Å². The lowest BCUT2D eigenvalue weighted by Gasteiger charge is -2.30. The van der Waals surface area contributed by atoms with Crippen molar-refractivity contribution in [2.75, 3.05) is 13.2 Å². The van der Waals surface area contributed by atoms with E-state index in [1.165, 1.54) is 11.1 Å². The Hall–Kier alpha value is -3.29. The average molecular weight is 490 g/mol. The Morgan fingerprint density at radius 1 is 1.33 bits per heavy atom. The average Bonchev–Trinajstić information content (AvgIpc) is 3.55. The molecule has 2 aliphatic heterocycles. The Morgan fingerprint density at radius 2 is 2.14 bits per heavy atom. The monoisotopic (exact) mass is 489 g/mol. The molecule has 9 heteroatoms. The van der Waals surface area contributed by atoms with Crippen molar-refractivity contribution in [2.24, 2.45) is 5.73 Å². The summed E-state index contributed by atoms with van der Waals surface area (Å²) in [7, 11) is 0. The van der Waals surface area contributed by atoms with Crippen LogP contribution in [0, 0.1) is 18.3 Å². The van der Waals surface area contributed by atoms with Crippen LogP contribution in [-0.2, 0) is 17.7 Å². The largest absolute Gasteiger partial charge is 0.490 e. The SMILES string of the molecule is Cc1c(-c2noc(-c3ccc(OC(C)C)c(C#N)c3)n2)ccc2c1CCN(C1OC1C(C)(N)CO)C2. The summed E-state index contributed by atoms with van der Waals surface area (Å²) in [6.07, 6.45) is 0.622. The third-order valence-corrected chi connectivity index (χ3v) is 6.91. The van der Waals surface area contributed by atoms with Crippen LogP contribution in [0.1, 0.15) is 43.0 Å². The summed E-state index contributed by atoms with van der Waals surface area (Å²) in [4.78, 5) is 6.91. The van der Waals surface area contributed by atoms with Crippen molar-refractivity contribution in [2.45, 2.75) is 64.6 Å². The lowest BCUT2D eigenvalue weighted by Crippen LogP contribution is -2.49. The third-order valence-electron chi connectivity index (χ3n) is 6.91. The number of epoxide rings is 1. The zero-order valence-electron chi connectivity index (χ0n) is 21.0. The summed E-state index contributed by atoms with van der Waals surface area (Å²) < 4.78 is 17.1. The number of aliphatic hydroxyl groups excluding tert-OH is 1. The molecule has 1 saturated heterocycles. The lowest BCUT2D eigenvalue weighted by molar-refractivity contribution is 0.156. The highest BCUT2D eigenvalue weighted by atomic mass is 16.6. The molecular formula is C27H31N5O4. The molecule has 0 saturated carbocycles. The molecule has 0 bridgehead atoms. The van der Waals surface area contributed by atoms with Gasteiger partial charge in [-0.25, -0.2) is 0 Å². The van der Waals surface area contributed by atoms with Crippen molar-refractivity contribution in [3.8, 4) is 34.7 Å². The first kappa shape index (κ1) is 24.4. The topological polar surface area (TPSA) is 134 Å². The third kappa shape index (κ3) is 4.49. The van der Waals surface area contributed by atoms with Crippen molar-refractivity contribution < 1.29 is 19.1 Å². The Balaban J connectivity index is 1.35. The van der Waals surface area contributed by atoms with Crippen LogP contribution in [0.4, 0.5) is 0 Å².